The van der Waals surface area contributed by atoms with Crippen LogP contribution in [-0.4, -0.2) is 30.0 Å². The molecule has 0 aromatic heterocycles. The fourth-order valence-corrected chi connectivity index (χ4v) is 0.887. The van der Waals surface area contributed by atoms with Gasteiger partial charge in [0, 0.05) is 12.6 Å². The standard InChI is InChI=1S/C5H8N2OS/c1-8-7-4-2-3-6-5(7)9/h3H,2,4H2,1H3. The molecule has 0 unspecified atom stereocenters. The number of hydroxylamine groups is 2. The van der Waals surface area contributed by atoms with Crippen molar-refractivity contribution in [3.05, 3.63) is 0 Å². The molecule has 0 radical (unpaired) electrons. The lowest BCUT2D eigenvalue weighted by atomic mass is 10.4. The molecular weight excluding hydrogens is 136 g/mol. The Labute approximate surface area is 59.3 Å². The van der Waals surface area contributed by atoms with E-state index in [1.165, 1.54) is 0 Å². The second-order valence-electron chi connectivity index (χ2n) is 1.67. The van der Waals surface area contributed by atoms with E-state index in [1.807, 2.05) is 0 Å². The van der Waals surface area contributed by atoms with Crippen molar-refractivity contribution >= 4 is 23.5 Å². The molecule has 1 aliphatic rings. The highest BCUT2D eigenvalue weighted by molar-refractivity contribution is 7.80. The highest BCUT2D eigenvalue weighted by atomic mass is 32.1. The average molecular weight is 144 g/mol. The van der Waals surface area contributed by atoms with E-state index in [2.05, 4.69) is 4.99 Å². The van der Waals surface area contributed by atoms with Crippen LogP contribution in [-0.2, 0) is 4.84 Å². The zero-order valence-electron chi connectivity index (χ0n) is 5.20. The molecule has 4 heteroatoms. The highest BCUT2D eigenvalue weighted by Crippen LogP contribution is 1.99. The van der Waals surface area contributed by atoms with Crippen LogP contribution in [0.3, 0.4) is 0 Å². The molecule has 0 amide bonds. The van der Waals surface area contributed by atoms with Crippen LogP contribution in [0, 0.1) is 0 Å². The molecule has 0 saturated heterocycles. The second-order valence-corrected chi connectivity index (χ2v) is 2.03. The maximum absolute atomic E-state index is 4.88. The van der Waals surface area contributed by atoms with E-state index in [4.69, 9.17) is 17.1 Å². The molecule has 0 fully saturated rings. The summed E-state index contributed by atoms with van der Waals surface area (Å²) in [5.74, 6) is 0. The fourth-order valence-electron chi connectivity index (χ4n) is 0.647. The van der Waals surface area contributed by atoms with Crippen LogP contribution >= 0.6 is 12.2 Å². The third-order valence-electron chi connectivity index (χ3n) is 1.10. The molecule has 0 aromatic carbocycles. The Hall–Kier alpha value is -0.480. The summed E-state index contributed by atoms with van der Waals surface area (Å²) in [6.07, 6.45) is 2.71. The molecule has 0 atom stereocenters. The minimum absolute atomic E-state index is 0.517. The number of nitrogens with zero attached hydrogens (tertiary/aromatic N) is 2. The lowest BCUT2D eigenvalue weighted by molar-refractivity contribution is -0.0622. The van der Waals surface area contributed by atoms with Crippen molar-refractivity contribution in [3.63, 3.8) is 0 Å². The van der Waals surface area contributed by atoms with E-state index < -0.39 is 0 Å². The zero-order chi connectivity index (χ0) is 6.69. The number of hydrogen-bond acceptors (Lipinski definition) is 2. The van der Waals surface area contributed by atoms with Gasteiger partial charge in [-0.15, -0.1) is 0 Å². The first-order valence-corrected chi connectivity index (χ1v) is 3.13. The second kappa shape index (κ2) is 2.89. The van der Waals surface area contributed by atoms with Crippen molar-refractivity contribution < 1.29 is 4.84 Å². The van der Waals surface area contributed by atoms with E-state index >= 15 is 0 Å². The van der Waals surface area contributed by atoms with E-state index in [1.54, 1.807) is 18.4 Å². The molecule has 0 spiro atoms. The van der Waals surface area contributed by atoms with Crippen LogP contribution in [0.5, 0.6) is 0 Å². The Kier molecular flexibility index (Phi) is 2.13. The monoisotopic (exact) mass is 144 g/mol. The smallest absolute Gasteiger partial charge is 0.219 e. The van der Waals surface area contributed by atoms with Gasteiger partial charge in [-0.1, -0.05) is 0 Å². The summed E-state index contributed by atoms with van der Waals surface area (Å²) in [5.41, 5.74) is 0. The maximum Gasteiger partial charge on any atom is 0.219 e. The first-order chi connectivity index (χ1) is 4.34. The number of aliphatic imine (C=N–C) groups is 1. The zero-order valence-corrected chi connectivity index (χ0v) is 6.02. The molecule has 9 heavy (non-hydrogen) atoms. The third kappa shape index (κ3) is 1.46. The predicted octanol–water partition coefficient (Wildman–Crippen LogP) is 0.609. The fraction of sp³-hybridized carbons (Fsp3) is 0.600. The van der Waals surface area contributed by atoms with Crippen molar-refractivity contribution in [3.8, 4) is 0 Å². The first-order valence-electron chi connectivity index (χ1n) is 2.72. The van der Waals surface area contributed by atoms with Crippen LogP contribution in [0.2, 0.25) is 0 Å². The Balaban J connectivity index is 2.55. The van der Waals surface area contributed by atoms with Crippen LogP contribution in [0.15, 0.2) is 4.99 Å². The van der Waals surface area contributed by atoms with Crippen LogP contribution in [0.1, 0.15) is 6.42 Å². The lowest BCUT2D eigenvalue weighted by Crippen LogP contribution is -2.31. The highest BCUT2D eigenvalue weighted by Gasteiger charge is 2.08. The minimum Gasteiger partial charge on any atom is -0.275 e. The van der Waals surface area contributed by atoms with E-state index in [-0.39, 0.29) is 0 Å². The molecule has 1 rings (SSSR count). The molecule has 0 bridgehead atoms. The molecule has 3 nitrogen and oxygen atoms in total. The van der Waals surface area contributed by atoms with Gasteiger partial charge in [0.15, 0.2) is 0 Å². The molecule has 1 heterocycles. The number of rotatable bonds is 1. The Bertz CT molecular complexity index is 146. The average Bonchev–Trinajstić information content (AvgIpc) is 1.89. The third-order valence-corrected chi connectivity index (χ3v) is 1.41. The molecule has 0 aromatic rings. The van der Waals surface area contributed by atoms with Crippen molar-refractivity contribution in [1.29, 1.82) is 0 Å². The Morgan fingerprint density at radius 2 is 2.67 bits per heavy atom. The van der Waals surface area contributed by atoms with E-state index in [0.717, 1.165) is 13.0 Å². The van der Waals surface area contributed by atoms with Gasteiger partial charge in [-0.05, 0) is 12.2 Å². The Morgan fingerprint density at radius 3 is 3.11 bits per heavy atom. The van der Waals surface area contributed by atoms with Crippen molar-refractivity contribution in [2.75, 3.05) is 13.7 Å². The normalized spacial score (nSPS) is 18.8. The maximum atomic E-state index is 4.88. The van der Waals surface area contributed by atoms with Gasteiger partial charge in [0.1, 0.15) is 0 Å². The Morgan fingerprint density at radius 1 is 1.89 bits per heavy atom. The van der Waals surface area contributed by atoms with Gasteiger partial charge >= 0.3 is 0 Å². The van der Waals surface area contributed by atoms with E-state index in [0.29, 0.717) is 5.11 Å². The van der Waals surface area contributed by atoms with Crippen molar-refractivity contribution in [2.24, 2.45) is 4.99 Å². The first kappa shape index (κ1) is 6.64. The largest absolute Gasteiger partial charge is 0.275 e. The summed E-state index contributed by atoms with van der Waals surface area (Å²) >= 11 is 4.83. The predicted molar refractivity (Wildman–Crippen MR) is 39.4 cm³/mol. The van der Waals surface area contributed by atoms with Gasteiger partial charge in [-0.2, -0.15) is 0 Å². The lowest BCUT2D eigenvalue weighted by Gasteiger charge is -2.20. The van der Waals surface area contributed by atoms with Crippen LogP contribution in [0.25, 0.3) is 0 Å². The van der Waals surface area contributed by atoms with Gasteiger partial charge in [-0.3, -0.25) is 4.84 Å². The molecule has 0 N–H and O–H groups in total. The van der Waals surface area contributed by atoms with Crippen molar-refractivity contribution in [2.45, 2.75) is 6.42 Å². The molecule has 50 valence electrons. The number of hydrogen-bond donors (Lipinski definition) is 0. The SMILES string of the molecule is CON1CCC=NC1=S. The molecular formula is C5H8N2OS. The molecule has 0 aliphatic carbocycles. The summed E-state index contributed by atoms with van der Waals surface area (Å²) < 4.78 is 0. The van der Waals surface area contributed by atoms with Gasteiger partial charge in [0.25, 0.3) is 0 Å². The molecule has 0 saturated carbocycles. The van der Waals surface area contributed by atoms with Crippen molar-refractivity contribution in [1.82, 2.24) is 5.06 Å². The van der Waals surface area contributed by atoms with Gasteiger partial charge in [-0.25, -0.2) is 10.1 Å². The van der Waals surface area contributed by atoms with Crippen LogP contribution in [0.4, 0.5) is 0 Å². The molecule has 1 aliphatic heterocycles. The van der Waals surface area contributed by atoms with E-state index in [9.17, 15) is 0 Å². The summed E-state index contributed by atoms with van der Waals surface area (Å²) in [6.45, 7) is 0.818. The minimum atomic E-state index is 0.517. The summed E-state index contributed by atoms with van der Waals surface area (Å²) in [4.78, 5) is 8.77. The van der Waals surface area contributed by atoms with Gasteiger partial charge in [0.05, 0.1) is 13.7 Å². The topological polar surface area (TPSA) is 24.8 Å². The summed E-state index contributed by atoms with van der Waals surface area (Å²) in [7, 11) is 1.59. The van der Waals surface area contributed by atoms with Crippen LogP contribution < -0.4 is 0 Å². The van der Waals surface area contributed by atoms with Gasteiger partial charge in [0.2, 0.25) is 5.11 Å². The van der Waals surface area contributed by atoms with Gasteiger partial charge < -0.3 is 0 Å². The summed E-state index contributed by atoms with van der Waals surface area (Å²) in [6, 6.07) is 0. The summed E-state index contributed by atoms with van der Waals surface area (Å²) in [5, 5.41) is 2.11. The quantitative estimate of drug-likeness (QED) is 0.504. The number of thiocarbonyl (C=S) groups is 1.